The number of amides is 1. The number of fused-ring (bicyclic) bond motifs is 5. The van der Waals surface area contributed by atoms with E-state index in [1.165, 1.54) is 11.1 Å². The molecule has 1 atom stereocenters. The van der Waals surface area contributed by atoms with Crippen LogP contribution in [0.25, 0.3) is 11.1 Å². The van der Waals surface area contributed by atoms with Crippen LogP contribution in [0, 0.1) is 0 Å². The summed E-state index contributed by atoms with van der Waals surface area (Å²) in [4.78, 5) is 16.1. The van der Waals surface area contributed by atoms with Crippen LogP contribution in [0.1, 0.15) is 22.3 Å². The fourth-order valence-corrected chi connectivity index (χ4v) is 5.62. The summed E-state index contributed by atoms with van der Waals surface area (Å²) < 4.78 is 11.9. The smallest absolute Gasteiger partial charge is 0.246 e. The summed E-state index contributed by atoms with van der Waals surface area (Å²) in [5, 5.41) is 0. The number of hydrogen-bond donors (Lipinski definition) is 0. The Hall–Kier alpha value is -4.05. The average Bonchev–Trinajstić information content (AvgIpc) is 3.56. The Balaban J connectivity index is 1.27. The zero-order valence-corrected chi connectivity index (χ0v) is 18.7. The number of hydrogen-bond acceptors (Lipinski definition) is 3. The molecule has 0 aliphatic carbocycles. The zero-order valence-electron chi connectivity index (χ0n) is 18.7. The minimum Gasteiger partial charge on any atom is -0.493 e. The van der Waals surface area contributed by atoms with Gasteiger partial charge in [-0.2, -0.15) is 0 Å². The summed E-state index contributed by atoms with van der Waals surface area (Å²) in [5.41, 5.74) is 6.77. The molecule has 3 aliphatic heterocycles. The Labute approximate surface area is 198 Å². The highest BCUT2D eigenvalue weighted by molar-refractivity contribution is 6.11. The number of ether oxygens (including phenoxy) is 2. The van der Waals surface area contributed by atoms with E-state index in [1.807, 2.05) is 41.3 Å². The molecular formula is C30H23NO3. The first-order valence-electron chi connectivity index (χ1n) is 11.7. The van der Waals surface area contributed by atoms with Gasteiger partial charge in [-0.1, -0.05) is 72.8 Å². The molecule has 1 spiro atoms. The van der Waals surface area contributed by atoms with Crippen LogP contribution in [0.5, 0.6) is 11.5 Å². The van der Waals surface area contributed by atoms with Gasteiger partial charge in [0.1, 0.15) is 23.5 Å². The van der Waals surface area contributed by atoms with Gasteiger partial charge in [0.2, 0.25) is 5.91 Å². The van der Waals surface area contributed by atoms with E-state index in [9.17, 15) is 4.79 Å². The molecule has 4 aromatic carbocycles. The molecule has 4 nitrogen and oxygen atoms in total. The summed E-state index contributed by atoms with van der Waals surface area (Å²) in [6.45, 7) is 1.53. The molecule has 1 amide bonds. The normalized spacial score (nSPS) is 19.5. The van der Waals surface area contributed by atoms with E-state index >= 15 is 0 Å². The summed E-state index contributed by atoms with van der Waals surface area (Å²) in [6, 6.07) is 31.1. The third-order valence-corrected chi connectivity index (χ3v) is 7.36. The van der Waals surface area contributed by atoms with E-state index in [0.717, 1.165) is 45.9 Å². The highest BCUT2D eigenvalue weighted by Gasteiger charge is 2.57. The van der Waals surface area contributed by atoms with Gasteiger partial charge in [0.05, 0.1) is 13.2 Å². The van der Waals surface area contributed by atoms with Gasteiger partial charge in [0, 0.05) is 23.7 Å². The third kappa shape index (κ3) is 2.69. The first kappa shape index (κ1) is 19.4. The summed E-state index contributed by atoms with van der Waals surface area (Å²) in [7, 11) is 0. The lowest BCUT2D eigenvalue weighted by atomic mass is 9.76. The maximum atomic E-state index is 14.2. The lowest BCUT2D eigenvalue weighted by molar-refractivity contribution is -0.122. The second-order valence-electron chi connectivity index (χ2n) is 9.22. The van der Waals surface area contributed by atoms with Crippen LogP contribution in [-0.2, 0) is 23.2 Å². The van der Waals surface area contributed by atoms with Crippen molar-refractivity contribution in [1.82, 2.24) is 0 Å². The standard InChI is InChI=1S/C30H23NO3/c32-29-30(19-34-28-17-27-23(14-15-33-27)16-25(28)30)24-8-4-5-9-26(24)31(29)18-20-10-12-22(13-11-20)21-6-2-1-3-7-21/h1-13,16-17H,14-15,18-19H2. The molecule has 34 heavy (non-hydrogen) atoms. The van der Waals surface area contributed by atoms with Crippen molar-refractivity contribution in [2.45, 2.75) is 18.4 Å². The van der Waals surface area contributed by atoms with E-state index in [-0.39, 0.29) is 5.91 Å². The first-order chi connectivity index (χ1) is 16.7. The second kappa shape index (κ2) is 7.22. The van der Waals surface area contributed by atoms with Gasteiger partial charge in [0.25, 0.3) is 0 Å². The lowest BCUT2D eigenvalue weighted by Gasteiger charge is -2.23. The molecule has 166 valence electrons. The van der Waals surface area contributed by atoms with E-state index < -0.39 is 5.41 Å². The van der Waals surface area contributed by atoms with E-state index in [0.29, 0.717) is 19.8 Å². The summed E-state index contributed by atoms with van der Waals surface area (Å²) in [5.74, 6) is 1.72. The monoisotopic (exact) mass is 445 g/mol. The van der Waals surface area contributed by atoms with Crippen LogP contribution < -0.4 is 14.4 Å². The van der Waals surface area contributed by atoms with E-state index in [2.05, 4.69) is 54.6 Å². The largest absolute Gasteiger partial charge is 0.493 e. The van der Waals surface area contributed by atoms with Gasteiger partial charge in [-0.3, -0.25) is 4.79 Å². The molecule has 0 radical (unpaired) electrons. The Morgan fingerprint density at radius 2 is 1.53 bits per heavy atom. The second-order valence-corrected chi connectivity index (χ2v) is 9.22. The van der Waals surface area contributed by atoms with Crippen molar-refractivity contribution in [3.8, 4) is 22.6 Å². The van der Waals surface area contributed by atoms with E-state index in [1.54, 1.807) is 0 Å². The molecule has 4 aromatic rings. The fraction of sp³-hybridized carbons (Fsp3) is 0.167. The molecule has 4 heteroatoms. The predicted octanol–water partition coefficient (Wildman–Crippen LogP) is 5.51. The Morgan fingerprint density at radius 1 is 0.765 bits per heavy atom. The number of nitrogens with zero attached hydrogens (tertiary/aromatic N) is 1. The van der Waals surface area contributed by atoms with E-state index in [4.69, 9.17) is 9.47 Å². The number of carbonyl (C=O) groups excluding carboxylic acids is 1. The summed E-state index contributed by atoms with van der Waals surface area (Å²) >= 11 is 0. The molecule has 1 unspecified atom stereocenters. The van der Waals surface area contributed by atoms with Crippen LogP contribution in [0.15, 0.2) is 91.0 Å². The summed E-state index contributed by atoms with van der Waals surface area (Å²) in [6.07, 6.45) is 0.867. The minimum atomic E-state index is -0.798. The maximum Gasteiger partial charge on any atom is 0.246 e. The molecule has 0 aromatic heterocycles. The van der Waals surface area contributed by atoms with Crippen LogP contribution >= 0.6 is 0 Å². The number of carbonyl (C=O) groups is 1. The van der Waals surface area contributed by atoms with Gasteiger partial charge in [0.15, 0.2) is 0 Å². The van der Waals surface area contributed by atoms with Crippen molar-refractivity contribution < 1.29 is 14.3 Å². The van der Waals surface area contributed by atoms with Crippen molar-refractivity contribution in [1.29, 1.82) is 0 Å². The lowest BCUT2D eigenvalue weighted by Crippen LogP contribution is -2.42. The minimum absolute atomic E-state index is 0.0819. The van der Waals surface area contributed by atoms with Gasteiger partial charge >= 0.3 is 0 Å². The van der Waals surface area contributed by atoms with Crippen molar-refractivity contribution >= 4 is 11.6 Å². The van der Waals surface area contributed by atoms with Gasteiger partial charge in [-0.25, -0.2) is 0 Å². The molecule has 0 bridgehead atoms. The van der Waals surface area contributed by atoms with Gasteiger partial charge in [-0.05, 0) is 39.9 Å². The van der Waals surface area contributed by atoms with Crippen LogP contribution in [0.4, 0.5) is 5.69 Å². The number of rotatable bonds is 3. The molecular weight excluding hydrogens is 422 g/mol. The molecule has 0 saturated carbocycles. The van der Waals surface area contributed by atoms with Crippen LogP contribution in [0.3, 0.4) is 0 Å². The number of para-hydroxylation sites is 1. The topological polar surface area (TPSA) is 38.8 Å². The molecule has 3 aliphatic rings. The molecule has 0 fully saturated rings. The van der Waals surface area contributed by atoms with Crippen LogP contribution in [-0.4, -0.2) is 19.1 Å². The Kier molecular flexibility index (Phi) is 4.13. The average molecular weight is 446 g/mol. The molecule has 3 heterocycles. The fourth-order valence-electron chi connectivity index (χ4n) is 5.62. The first-order valence-corrected chi connectivity index (χ1v) is 11.7. The number of benzene rings is 4. The third-order valence-electron chi connectivity index (χ3n) is 7.36. The highest BCUT2D eigenvalue weighted by Crippen LogP contribution is 2.54. The number of anilines is 1. The van der Waals surface area contributed by atoms with Gasteiger partial charge in [-0.15, -0.1) is 0 Å². The van der Waals surface area contributed by atoms with Crippen molar-refractivity contribution in [3.05, 3.63) is 113 Å². The predicted molar refractivity (Wildman–Crippen MR) is 131 cm³/mol. The molecule has 0 saturated heterocycles. The SMILES string of the molecule is O=C1N(Cc2ccc(-c3ccccc3)cc2)c2ccccc2C12COc1cc3c(cc12)CCO3. The van der Waals surface area contributed by atoms with Crippen molar-refractivity contribution in [2.75, 3.05) is 18.1 Å². The quantitative estimate of drug-likeness (QED) is 0.417. The molecule has 0 N–H and O–H groups in total. The Bertz CT molecular complexity index is 1430. The Morgan fingerprint density at radius 3 is 2.38 bits per heavy atom. The zero-order chi connectivity index (χ0) is 22.7. The molecule has 7 rings (SSSR count). The maximum absolute atomic E-state index is 14.2. The van der Waals surface area contributed by atoms with Crippen LogP contribution in [0.2, 0.25) is 0 Å². The van der Waals surface area contributed by atoms with Gasteiger partial charge < -0.3 is 14.4 Å². The van der Waals surface area contributed by atoms with Crippen molar-refractivity contribution in [2.24, 2.45) is 0 Å². The van der Waals surface area contributed by atoms with Crippen molar-refractivity contribution in [3.63, 3.8) is 0 Å². The highest BCUT2D eigenvalue weighted by atomic mass is 16.5.